The molecule has 4 nitrogen and oxygen atoms in total. The van der Waals surface area contributed by atoms with E-state index >= 15 is 0 Å². The molecule has 0 saturated heterocycles. The van der Waals surface area contributed by atoms with Crippen LogP contribution in [-0.4, -0.2) is 21.4 Å². The maximum Gasteiger partial charge on any atom is 0.237 e. The minimum atomic E-state index is 0.564. The van der Waals surface area contributed by atoms with Crippen molar-refractivity contribution in [3.8, 4) is 11.7 Å². The van der Waals surface area contributed by atoms with Gasteiger partial charge in [0.25, 0.3) is 0 Å². The van der Waals surface area contributed by atoms with Gasteiger partial charge in [-0.25, -0.2) is 9.67 Å². The number of rotatable bonds is 5. The third-order valence-electron chi connectivity index (χ3n) is 3.68. The normalized spacial score (nSPS) is 10.7. The number of aromatic nitrogens is 3. The highest BCUT2D eigenvalue weighted by Crippen LogP contribution is 2.28. The van der Waals surface area contributed by atoms with E-state index in [9.17, 15) is 0 Å². The van der Waals surface area contributed by atoms with Gasteiger partial charge in [-0.3, -0.25) is 0 Å². The summed E-state index contributed by atoms with van der Waals surface area (Å²) in [6.45, 7) is 4.54. The van der Waals surface area contributed by atoms with Crippen LogP contribution in [0.3, 0.4) is 0 Å². The first-order valence-corrected chi connectivity index (χ1v) is 7.94. The van der Waals surface area contributed by atoms with E-state index in [2.05, 4.69) is 10.1 Å². The van der Waals surface area contributed by atoms with Gasteiger partial charge in [-0.05, 0) is 37.6 Å². The lowest BCUT2D eigenvalue weighted by Gasteiger charge is -2.06. The van der Waals surface area contributed by atoms with Gasteiger partial charge in [0.1, 0.15) is 0 Å². The first-order chi connectivity index (χ1) is 11.2. The molecule has 2 aromatic heterocycles. The minimum absolute atomic E-state index is 0.564. The number of pyridine rings is 1. The Labute approximate surface area is 140 Å². The smallest absolute Gasteiger partial charge is 0.237 e. The van der Waals surface area contributed by atoms with Crippen molar-refractivity contribution < 1.29 is 4.74 Å². The molecule has 2 heterocycles. The highest BCUT2D eigenvalue weighted by molar-refractivity contribution is 6.31. The lowest BCUT2D eigenvalue weighted by atomic mass is 10.1. The van der Waals surface area contributed by atoms with Crippen LogP contribution in [0, 0.1) is 6.92 Å². The number of nitrogens with zero attached hydrogens (tertiary/aromatic N) is 3. The number of halogens is 1. The largest absolute Gasteiger partial charge is 0.477 e. The third kappa shape index (κ3) is 3.22. The third-order valence-corrected chi connectivity index (χ3v) is 4.04. The highest BCUT2D eigenvalue weighted by atomic mass is 35.5. The SMILES string of the molecule is CCOc1nn(-c2ccccn2)c(C)c1Cc1ccccc1Cl. The Bertz CT molecular complexity index is 799. The summed E-state index contributed by atoms with van der Waals surface area (Å²) in [6.07, 6.45) is 2.43. The molecule has 0 aliphatic carbocycles. The summed E-state index contributed by atoms with van der Waals surface area (Å²) in [4.78, 5) is 4.37. The number of benzene rings is 1. The Morgan fingerprint density at radius 1 is 1.13 bits per heavy atom. The van der Waals surface area contributed by atoms with Crippen LogP contribution in [0.15, 0.2) is 48.7 Å². The molecule has 0 N–H and O–H groups in total. The molecule has 0 saturated carbocycles. The van der Waals surface area contributed by atoms with E-state index in [1.54, 1.807) is 6.20 Å². The van der Waals surface area contributed by atoms with Gasteiger partial charge in [0, 0.05) is 23.2 Å². The average Bonchev–Trinajstić information content (AvgIpc) is 2.87. The fraction of sp³-hybridized carbons (Fsp3) is 0.222. The molecular weight excluding hydrogens is 310 g/mol. The lowest BCUT2D eigenvalue weighted by molar-refractivity contribution is 0.321. The minimum Gasteiger partial charge on any atom is -0.477 e. The predicted molar refractivity (Wildman–Crippen MR) is 91.5 cm³/mol. The standard InChI is InChI=1S/C18H18ClN3O/c1-3-23-18-15(12-14-8-4-5-9-16(14)19)13(2)22(21-18)17-10-6-7-11-20-17/h4-11H,3,12H2,1-2H3. The highest BCUT2D eigenvalue weighted by Gasteiger charge is 2.18. The molecule has 0 radical (unpaired) electrons. The van der Waals surface area contributed by atoms with Crippen LogP contribution >= 0.6 is 11.6 Å². The number of ether oxygens (including phenoxy) is 1. The Morgan fingerprint density at radius 3 is 2.61 bits per heavy atom. The summed E-state index contributed by atoms with van der Waals surface area (Å²) in [5.41, 5.74) is 3.09. The van der Waals surface area contributed by atoms with E-state index in [0.717, 1.165) is 27.7 Å². The van der Waals surface area contributed by atoms with Crippen molar-refractivity contribution in [1.82, 2.24) is 14.8 Å². The zero-order chi connectivity index (χ0) is 16.2. The maximum atomic E-state index is 6.30. The van der Waals surface area contributed by atoms with Crippen LogP contribution < -0.4 is 4.74 Å². The van der Waals surface area contributed by atoms with E-state index < -0.39 is 0 Å². The Morgan fingerprint density at radius 2 is 1.91 bits per heavy atom. The van der Waals surface area contributed by atoms with Crippen molar-refractivity contribution in [2.75, 3.05) is 6.61 Å². The molecule has 5 heteroatoms. The van der Waals surface area contributed by atoms with E-state index in [4.69, 9.17) is 16.3 Å². The van der Waals surface area contributed by atoms with E-state index in [1.807, 2.05) is 61.0 Å². The van der Waals surface area contributed by atoms with Gasteiger partial charge in [0.15, 0.2) is 5.82 Å². The van der Waals surface area contributed by atoms with Crippen molar-refractivity contribution in [1.29, 1.82) is 0 Å². The number of hydrogen-bond acceptors (Lipinski definition) is 3. The van der Waals surface area contributed by atoms with Gasteiger partial charge in [0.05, 0.1) is 12.3 Å². The van der Waals surface area contributed by atoms with E-state index in [-0.39, 0.29) is 0 Å². The second kappa shape index (κ2) is 6.84. The van der Waals surface area contributed by atoms with Gasteiger partial charge in [-0.1, -0.05) is 35.9 Å². The molecular formula is C18H18ClN3O. The van der Waals surface area contributed by atoms with Crippen LogP contribution in [0.1, 0.15) is 23.7 Å². The van der Waals surface area contributed by atoms with Crippen LogP contribution in [0.25, 0.3) is 5.82 Å². The first-order valence-electron chi connectivity index (χ1n) is 7.56. The molecule has 0 bridgehead atoms. The summed E-state index contributed by atoms with van der Waals surface area (Å²) >= 11 is 6.30. The van der Waals surface area contributed by atoms with Crippen molar-refractivity contribution in [2.45, 2.75) is 20.3 Å². The molecule has 0 aliphatic rings. The molecule has 0 amide bonds. The monoisotopic (exact) mass is 327 g/mol. The molecule has 3 aromatic rings. The second-order valence-corrected chi connectivity index (χ2v) is 5.58. The van der Waals surface area contributed by atoms with Crippen LogP contribution in [0.4, 0.5) is 0 Å². The molecule has 0 fully saturated rings. The molecule has 118 valence electrons. The Hall–Kier alpha value is -2.33. The zero-order valence-corrected chi connectivity index (χ0v) is 13.9. The Kier molecular flexibility index (Phi) is 4.63. The summed E-state index contributed by atoms with van der Waals surface area (Å²) in [5, 5.41) is 5.33. The lowest BCUT2D eigenvalue weighted by Crippen LogP contribution is -2.02. The van der Waals surface area contributed by atoms with Crippen LogP contribution in [-0.2, 0) is 6.42 Å². The molecule has 23 heavy (non-hydrogen) atoms. The fourth-order valence-corrected chi connectivity index (χ4v) is 2.70. The van der Waals surface area contributed by atoms with Crippen LogP contribution in [0.5, 0.6) is 5.88 Å². The van der Waals surface area contributed by atoms with Gasteiger partial charge in [-0.2, -0.15) is 0 Å². The first kappa shape index (κ1) is 15.6. The molecule has 1 aromatic carbocycles. The van der Waals surface area contributed by atoms with Crippen molar-refractivity contribution in [3.63, 3.8) is 0 Å². The summed E-state index contributed by atoms with van der Waals surface area (Å²) in [7, 11) is 0. The topological polar surface area (TPSA) is 39.9 Å². The number of hydrogen-bond donors (Lipinski definition) is 0. The van der Waals surface area contributed by atoms with Gasteiger partial charge >= 0.3 is 0 Å². The maximum absolute atomic E-state index is 6.30. The summed E-state index contributed by atoms with van der Waals surface area (Å²) < 4.78 is 7.55. The zero-order valence-electron chi connectivity index (χ0n) is 13.2. The molecule has 0 atom stereocenters. The van der Waals surface area contributed by atoms with E-state index in [1.165, 1.54) is 0 Å². The fourth-order valence-electron chi connectivity index (χ4n) is 2.50. The average molecular weight is 328 g/mol. The van der Waals surface area contributed by atoms with Gasteiger partial charge in [-0.15, -0.1) is 5.10 Å². The molecule has 0 aliphatic heterocycles. The Balaban J connectivity index is 2.05. The van der Waals surface area contributed by atoms with Crippen molar-refractivity contribution in [3.05, 3.63) is 70.5 Å². The second-order valence-electron chi connectivity index (χ2n) is 5.17. The van der Waals surface area contributed by atoms with Crippen LogP contribution in [0.2, 0.25) is 5.02 Å². The summed E-state index contributed by atoms with van der Waals surface area (Å²) in [6, 6.07) is 13.6. The molecule has 0 unspecified atom stereocenters. The molecule has 3 rings (SSSR count). The van der Waals surface area contributed by atoms with Crippen molar-refractivity contribution in [2.24, 2.45) is 0 Å². The van der Waals surface area contributed by atoms with E-state index in [0.29, 0.717) is 18.9 Å². The van der Waals surface area contributed by atoms with Crippen molar-refractivity contribution >= 4 is 11.6 Å². The van der Waals surface area contributed by atoms with Gasteiger partial charge in [0.2, 0.25) is 5.88 Å². The summed E-state index contributed by atoms with van der Waals surface area (Å²) in [5.74, 6) is 1.41. The predicted octanol–water partition coefficient (Wildman–Crippen LogP) is 4.22. The molecule has 0 spiro atoms. The quantitative estimate of drug-likeness (QED) is 0.704. The van der Waals surface area contributed by atoms with Gasteiger partial charge < -0.3 is 4.74 Å².